The topological polar surface area (TPSA) is 12.5 Å². The van der Waals surface area contributed by atoms with Gasteiger partial charge in [-0.05, 0) is 56.3 Å². The van der Waals surface area contributed by atoms with Gasteiger partial charge in [-0.15, -0.1) is 0 Å². The third kappa shape index (κ3) is 1.13. The molecule has 0 radical (unpaired) electrons. The van der Waals surface area contributed by atoms with Crippen molar-refractivity contribution in [3.8, 4) is 0 Å². The van der Waals surface area contributed by atoms with Gasteiger partial charge in [-0.3, -0.25) is 0 Å². The predicted octanol–water partition coefficient (Wildman–Crippen LogP) is 3.77. The standard InChI is InChI=1S/C14H24O/c1-10-6-11(2)7-12(10,3)9-14(5)13(4,8-11)15-14/h10H,6-9H2,1-5H3. The molecule has 0 amide bonds. The number of epoxide rings is 1. The minimum atomic E-state index is 0.189. The van der Waals surface area contributed by atoms with E-state index in [0.717, 1.165) is 5.92 Å². The van der Waals surface area contributed by atoms with E-state index in [-0.39, 0.29) is 11.2 Å². The van der Waals surface area contributed by atoms with Gasteiger partial charge in [-0.25, -0.2) is 0 Å². The second kappa shape index (κ2) is 2.30. The molecule has 15 heavy (non-hydrogen) atoms. The zero-order valence-electron chi connectivity index (χ0n) is 10.8. The smallest absolute Gasteiger partial charge is 0.0954 e. The molecule has 1 aliphatic heterocycles. The van der Waals surface area contributed by atoms with E-state index in [4.69, 9.17) is 4.74 Å². The highest BCUT2D eigenvalue weighted by Crippen LogP contribution is 2.70. The summed E-state index contributed by atoms with van der Waals surface area (Å²) in [6.45, 7) is 12.1. The quantitative estimate of drug-likeness (QED) is 0.552. The van der Waals surface area contributed by atoms with Crippen LogP contribution in [0.15, 0.2) is 0 Å². The van der Waals surface area contributed by atoms with Crippen molar-refractivity contribution in [3.63, 3.8) is 0 Å². The van der Waals surface area contributed by atoms with Crippen LogP contribution >= 0.6 is 0 Å². The van der Waals surface area contributed by atoms with Crippen molar-refractivity contribution in [1.82, 2.24) is 0 Å². The summed E-state index contributed by atoms with van der Waals surface area (Å²) in [6.07, 6.45) is 5.36. The maximum Gasteiger partial charge on any atom is 0.0954 e. The summed E-state index contributed by atoms with van der Waals surface area (Å²) in [5.41, 5.74) is 1.45. The van der Waals surface area contributed by atoms with E-state index < -0.39 is 0 Å². The van der Waals surface area contributed by atoms with Crippen molar-refractivity contribution in [2.45, 2.75) is 71.5 Å². The average Bonchev–Trinajstić information content (AvgIpc) is 2.38. The van der Waals surface area contributed by atoms with E-state index in [9.17, 15) is 0 Å². The van der Waals surface area contributed by atoms with Crippen LogP contribution in [0.3, 0.4) is 0 Å². The monoisotopic (exact) mass is 208 g/mol. The molecule has 3 fully saturated rings. The van der Waals surface area contributed by atoms with Crippen molar-refractivity contribution in [1.29, 1.82) is 0 Å². The predicted molar refractivity (Wildman–Crippen MR) is 61.7 cm³/mol. The summed E-state index contributed by atoms with van der Waals surface area (Å²) in [4.78, 5) is 0. The fraction of sp³-hybridized carbons (Fsp3) is 1.00. The average molecular weight is 208 g/mol. The van der Waals surface area contributed by atoms with Crippen LogP contribution in [-0.4, -0.2) is 11.2 Å². The molecule has 1 heterocycles. The highest BCUT2D eigenvalue weighted by Gasteiger charge is 2.71. The fourth-order valence-corrected chi connectivity index (χ4v) is 5.08. The third-order valence-electron chi connectivity index (χ3n) is 5.85. The summed E-state index contributed by atoms with van der Waals surface area (Å²) in [5, 5.41) is 0. The number of hydrogen-bond donors (Lipinski definition) is 0. The van der Waals surface area contributed by atoms with Crippen molar-refractivity contribution in [3.05, 3.63) is 0 Å². The Kier molecular flexibility index (Phi) is 1.55. The van der Waals surface area contributed by atoms with Gasteiger partial charge in [0.15, 0.2) is 0 Å². The molecule has 2 aliphatic carbocycles. The SMILES string of the molecule is CC1CC2(C)CC1(C)CC1(C)OC1(C)C2. The van der Waals surface area contributed by atoms with Crippen LogP contribution in [0.2, 0.25) is 0 Å². The van der Waals surface area contributed by atoms with Crippen LogP contribution in [0.4, 0.5) is 0 Å². The lowest BCUT2D eigenvalue weighted by Crippen LogP contribution is -2.30. The summed E-state index contributed by atoms with van der Waals surface area (Å²) < 4.78 is 6.09. The van der Waals surface area contributed by atoms with E-state index in [1.54, 1.807) is 0 Å². The fourth-order valence-electron chi connectivity index (χ4n) is 5.08. The number of fused-ring (bicyclic) bond motifs is 3. The van der Waals surface area contributed by atoms with Crippen molar-refractivity contribution in [2.75, 3.05) is 0 Å². The first-order valence-electron chi connectivity index (χ1n) is 6.41. The largest absolute Gasteiger partial charge is 0.363 e. The first kappa shape index (κ1) is 10.1. The molecular weight excluding hydrogens is 184 g/mol. The zero-order chi connectivity index (χ0) is 11.1. The van der Waals surface area contributed by atoms with E-state index in [1.165, 1.54) is 25.7 Å². The Balaban J connectivity index is 2.01. The molecule has 1 saturated heterocycles. The van der Waals surface area contributed by atoms with Crippen molar-refractivity contribution in [2.24, 2.45) is 16.7 Å². The molecule has 0 spiro atoms. The normalized spacial score (nSPS) is 67.4. The highest BCUT2D eigenvalue weighted by molar-refractivity contribution is 5.20. The zero-order valence-corrected chi connectivity index (χ0v) is 10.8. The maximum absolute atomic E-state index is 6.09. The van der Waals surface area contributed by atoms with Gasteiger partial charge in [0.05, 0.1) is 11.2 Å². The lowest BCUT2D eigenvalue weighted by molar-refractivity contribution is 0.134. The molecule has 5 unspecified atom stereocenters. The molecule has 3 aliphatic rings. The molecule has 2 saturated carbocycles. The van der Waals surface area contributed by atoms with Crippen LogP contribution < -0.4 is 0 Å². The number of hydrogen-bond acceptors (Lipinski definition) is 1. The highest BCUT2D eigenvalue weighted by atomic mass is 16.6. The first-order chi connectivity index (χ1) is 6.71. The van der Waals surface area contributed by atoms with Gasteiger partial charge in [-0.2, -0.15) is 0 Å². The summed E-state index contributed by atoms with van der Waals surface area (Å²) in [5.74, 6) is 0.869. The molecule has 5 atom stereocenters. The Morgan fingerprint density at radius 2 is 1.53 bits per heavy atom. The van der Waals surface area contributed by atoms with Gasteiger partial charge in [0.25, 0.3) is 0 Å². The van der Waals surface area contributed by atoms with Gasteiger partial charge in [0, 0.05) is 0 Å². The Bertz CT molecular complexity index is 325. The van der Waals surface area contributed by atoms with Gasteiger partial charge in [0.2, 0.25) is 0 Å². The number of rotatable bonds is 0. The lowest BCUT2D eigenvalue weighted by Gasteiger charge is -2.31. The second-order valence-corrected chi connectivity index (χ2v) is 7.66. The van der Waals surface area contributed by atoms with Crippen molar-refractivity contribution >= 4 is 0 Å². The minimum absolute atomic E-state index is 0.189. The molecule has 86 valence electrons. The lowest BCUT2D eigenvalue weighted by atomic mass is 9.72. The molecule has 1 heteroatoms. The van der Waals surface area contributed by atoms with Crippen LogP contribution in [0.5, 0.6) is 0 Å². The van der Waals surface area contributed by atoms with Crippen LogP contribution in [0, 0.1) is 16.7 Å². The Morgan fingerprint density at radius 1 is 0.933 bits per heavy atom. The first-order valence-corrected chi connectivity index (χ1v) is 6.41. The Labute approximate surface area is 93.6 Å². The molecule has 3 rings (SSSR count). The van der Waals surface area contributed by atoms with E-state index in [0.29, 0.717) is 10.8 Å². The molecule has 2 bridgehead atoms. The van der Waals surface area contributed by atoms with Crippen LogP contribution in [0.1, 0.15) is 60.3 Å². The van der Waals surface area contributed by atoms with Gasteiger partial charge in [-0.1, -0.05) is 20.8 Å². The molecular formula is C14H24O. The van der Waals surface area contributed by atoms with Crippen LogP contribution in [-0.2, 0) is 4.74 Å². The van der Waals surface area contributed by atoms with Gasteiger partial charge in [0.1, 0.15) is 0 Å². The van der Waals surface area contributed by atoms with E-state index in [1.807, 2.05) is 0 Å². The Hall–Kier alpha value is -0.0400. The van der Waals surface area contributed by atoms with Gasteiger partial charge < -0.3 is 4.74 Å². The van der Waals surface area contributed by atoms with E-state index >= 15 is 0 Å². The maximum atomic E-state index is 6.09. The summed E-state index contributed by atoms with van der Waals surface area (Å²) >= 11 is 0. The molecule has 0 aromatic heterocycles. The number of ether oxygens (including phenoxy) is 1. The summed E-state index contributed by atoms with van der Waals surface area (Å²) in [6, 6.07) is 0. The van der Waals surface area contributed by atoms with E-state index in [2.05, 4.69) is 34.6 Å². The molecule has 0 N–H and O–H groups in total. The minimum Gasteiger partial charge on any atom is -0.363 e. The van der Waals surface area contributed by atoms with Gasteiger partial charge >= 0.3 is 0 Å². The summed E-state index contributed by atoms with van der Waals surface area (Å²) in [7, 11) is 0. The molecule has 0 aromatic rings. The Morgan fingerprint density at radius 3 is 2.20 bits per heavy atom. The van der Waals surface area contributed by atoms with Crippen molar-refractivity contribution < 1.29 is 4.74 Å². The second-order valence-electron chi connectivity index (χ2n) is 7.66. The molecule has 1 nitrogen and oxygen atoms in total. The van der Waals surface area contributed by atoms with Crippen LogP contribution in [0.25, 0.3) is 0 Å². The molecule has 0 aromatic carbocycles. The third-order valence-corrected chi connectivity index (χ3v) is 5.85.